The van der Waals surface area contributed by atoms with Crippen molar-refractivity contribution >= 4 is 12.0 Å². The molecule has 5 heteroatoms. The van der Waals surface area contributed by atoms with Crippen LogP contribution in [-0.2, 0) is 4.79 Å². The first-order valence-electron chi connectivity index (χ1n) is 6.01. The third-order valence-corrected chi connectivity index (χ3v) is 2.55. The van der Waals surface area contributed by atoms with Crippen LogP contribution in [0.2, 0.25) is 0 Å². The summed E-state index contributed by atoms with van der Waals surface area (Å²) in [6, 6.07) is -1.28. The molecular weight excluding hydrogens is 220 g/mol. The highest BCUT2D eigenvalue weighted by Crippen LogP contribution is 2.10. The fraction of sp³-hybridized carbons (Fsp3) is 0.833. The van der Waals surface area contributed by atoms with Crippen LogP contribution in [0.4, 0.5) is 4.79 Å². The van der Waals surface area contributed by atoms with Crippen LogP contribution in [0.15, 0.2) is 0 Å². The van der Waals surface area contributed by atoms with Crippen LogP contribution in [0, 0.1) is 5.92 Å². The zero-order chi connectivity index (χ0) is 13.6. The van der Waals surface area contributed by atoms with E-state index in [1.807, 2.05) is 20.8 Å². The lowest BCUT2D eigenvalue weighted by atomic mass is 9.99. The zero-order valence-corrected chi connectivity index (χ0v) is 11.3. The second-order valence-corrected chi connectivity index (χ2v) is 5.29. The summed E-state index contributed by atoms with van der Waals surface area (Å²) in [6.45, 7) is 9.39. The van der Waals surface area contributed by atoms with E-state index < -0.39 is 18.0 Å². The van der Waals surface area contributed by atoms with Crippen molar-refractivity contribution in [3.8, 4) is 0 Å². The van der Waals surface area contributed by atoms with Gasteiger partial charge in [0.05, 0.1) is 0 Å². The number of carbonyl (C=O) groups excluding carboxylic acids is 1. The number of carbonyl (C=O) groups is 2. The molecule has 0 aliphatic carbocycles. The van der Waals surface area contributed by atoms with E-state index in [2.05, 4.69) is 10.6 Å². The topological polar surface area (TPSA) is 78.4 Å². The summed E-state index contributed by atoms with van der Waals surface area (Å²) in [5.41, 5.74) is -0.321. The van der Waals surface area contributed by atoms with Gasteiger partial charge in [-0.15, -0.1) is 0 Å². The number of urea groups is 1. The molecule has 1 atom stereocenters. The Balaban J connectivity index is 4.38. The van der Waals surface area contributed by atoms with E-state index in [0.29, 0.717) is 0 Å². The number of carboxylic acids is 1. The Kier molecular flexibility index (Phi) is 5.99. The molecule has 3 N–H and O–H groups in total. The van der Waals surface area contributed by atoms with E-state index in [1.165, 1.54) is 0 Å². The highest BCUT2D eigenvalue weighted by molar-refractivity contribution is 5.83. The highest BCUT2D eigenvalue weighted by Gasteiger charge is 2.26. The molecule has 17 heavy (non-hydrogen) atoms. The summed E-state index contributed by atoms with van der Waals surface area (Å²) in [6.07, 6.45) is 1.81. The van der Waals surface area contributed by atoms with Gasteiger partial charge in [-0.1, -0.05) is 27.2 Å². The van der Waals surface area contributed by atoms with Crippen molar-refractivity contribution < 1.29 is 14.7 Å². The number of carboxylic acid groups (broad SMARTS) is 1. The molecule has 0 spiro atoms. The molecule has 0 unspecified atom stereocenters. The first-order chi connectivity index (χ1) is 7.69. The van der Waals surface area contributed by atoms with Crippen molar-refractivity contribution in [3.63, 3.8) is 0 Å². The van der Waals surface area contributed by atoms with Crippen molar-refractivity contribution in [2.75, 3.05) is 0 Å². The number of hydrogen-bond donors (Lipinski definition) is 3. The molecule has 0 saturated carbocycles. The highest BCUT2D eigenvalue weighted by atomic mass is 16.4. The molecule has 0 aromatic carbocycles. The monoisotopic (exact) mass is 244 g/mol. The Bertz CT molecular complexity index is 275. The van der Waals surface area contributed by atoms with Gasteiger partial charge < -0.3 is 15.7 Å². The fourth-order valence-electron chi connectivity index (χ4n) is 1.69. The molecule has 100 valence electrons. The lowest BCUT2D eigenvalue weighted by Gasteiger charge is -2.27. The normalized spacial score (nSPS) is 13.3. The maximum Gasteiger partial charge on any atom is 0.326 e. The van der Waals surface area contributed by atoms with Crippen LogP contribution in [0.1, 0.15) is 47.5 Å². The third-order valence-electron chi connectivity index (χ3n) is 2.55. The zero-order valence-electron chi connectivity index (χ0n) is 11.3. The Labute approximate surface area is 103 Å². The van der Waals surface area contributed by atoms with Gasteiger partial charge in [-0.05, 0) is 26.2 Å². The standard InChI is InChI=1S/C12H24N2O3/c1-6-7-12(4,5)14-11(17)13-9(8(2)3)10(15)16/h8-9H,6-7H2,1-5H3,(H,15,16)(H2,13,14,17)/t9-/m0/s1. The maximum atomic E-state index is 11.7. The lowest BCUT2D eigenvalue weighted by molar-refractivity contribution is -0.140. The van der Waals surface area contributed by atoms with E-state index in [0.717, 1.165) is 12.8 Å². The average Bonchev–Trinajstić information content (AvgIpc) is 2.11. The minimum absolute atomic E-state index is 0.146. The molecule has 0 bridgehead atoms. The molecular formula is C12H24N2O3. The quantitative estimate of drug-likeness (QED) is 0.668. The van der Waals surface area contributed by atoms with E-state index in [-0.39, 0.29) is 11.5 Å². The van der Waals surface area contributed by atoms with E-state index in [9.17, 15) is 9.59 Å². The van der Waals surface area contributed by atoms with Crippen LogP contribution in [0.3, 0.4) is 0 Å². The Hall–Kier alpha value is -1.26. The summed E-state index contributed by atoms with van der Waals surface area (Å²) in [5, 5.41) is 14.2. The van der Waals surface area contributed by atoms with E-state index >= 15 is 0 Å². The van der Waals surface area contributed by atoms with Crippen LogP contribution in [0.5, 0.6) is 0 Å². The summed E-state index contributed by atoms with van der Waals surface area (Å²) in [7, 11) is 0. The van der Waals surface area contributed by atoms with Crippen molar-refractivity contribution in [3.05, 3.63) is 0 Å². The van der Waals surface area contributed by atoms with Gasteiger partial charge in [-0.2, -0.15) is 0 Å². The second kappa shape index (κ2) is 6.47. The molecule has 5 nitrogen and oxygen atoms in total. The van der Waals surface area contributed by atoms with Crippen LogP contribution in [-0.4, -0.2) is 28.7 Å². The molecule has 0 rings (SSSR count). The Morgan fingerprint density at radius 2 is 1.82 bits per heavy atom. The van der Waals surface area contributed by atoms with Crippen LogP contribution < -0.4 is 10.6 Å². The Morgan fingerprint density at radius 3 is 2.18 bits per heavy atom. The molecule has 0 radical (unpaired) electrons. The fourth-order valence-corrected chi connectivity index (χ4v) is 1.69. The number of rotatable bonds is 6. The van der Waals surface area contributed by atoms with Crippen molar-refractivity contribution in [1.82, 2.24) is 10.6 Å². The number of amides is 2. The summed E-state index contributed by atoms with van der Waals surface area (Å²) < 4.78 is 0. The van der Waals surface area contributed by atoms with E-state index in [4.69, 9.17) is 5.11 Å². The largest absolute Gasteiger partial charge is 0.480 e. The smallest absolute Gasteiger partial charge is 0.326 e. The SMILES string of the molecule is CCCC(C)(C)NC(=O)N[C@H](C(=O)O)C(C)C. The molecule has 0 heterocycles. The Morgan fingerprint density at radius 1 is 1.29 bits per heavy atom. The molecule has 0 aromatic rings. The molecule has 0 saturated heterocycles. The summed E-state index contributed by atoms with van der Waals surface area (Å²) in [4.78, 5) is 22.6. The molecule has 0 aliphatic rings. The van der Waals surface area contributed by atoms with Crippen molar-refractivity contribution in [2.24, 2.45) is 5.92 Å². The van der Waals surface area contributed by atoms with Gasteiger partial charge in [0.15, 0.2) is 0 Å². The van der Waals surface area contributed by atoms with Gasteiger partial charge in [-0.25, -0.2) is 9.59 Å². The van der Waals surface area contributed by atoms with Crippen molar-refractivity contribution in [2.45, 2.75) is 59.0 Å². The van der Waals surface area contributed by atoms with Gasteiger partial charge >= 0.3 is 12.0 Å². The van der Waals surface area contributed by atoms with Gasteiger partial charge in [-0.3, -0.25) is 0 Å². The maximum absolute atomic E-state index is 11.7. The number of aliphatic carboxylic acids is 1. The predicted octanol–water partition coefficient (Wildman–Crippen LogP) is 1.97. The first kappa shape index (κ1) is 15.7. The predicted molar refractivity (Wildman–Crippen MR) is 66.9 cm³/mol. The van der Waals surface area contributed by atoms with E-state index in [1.54, 1.807) is 13.8 Å². The van der Waals surface area contributed by atoms with Gasteiger partial charge in [0.1, 0.15) is 6.04 Å². The van der Waals surface area contributed by atoms with Gasteiger partial charge in [0.25, 0.3) is 0 Å². The number of hydrogen-bond acceptors (Lipinski definition) is 2. The van der Waals surface area contributed by atoms with Crippen LogP contribution >= 0.6 is 0 Å². The van der Waals surface area contributed by atoms with Gasteiger partial charge in [0.2, 0.25) is 0 Å². The molecule has 0 fully saturated rings. The first-order valence-corrected chi connectivity index (χ1v) is 6.01. The minimum atomic E-state index is -1.01. The number of nitrogens with one attached hydrogen (secondary N) is 2. The van der Waals surface area contributed by atoms with Crippen molar-refractivity contribution in [1.29, 1.82) is 0 Å². The average molecular weight is 244 g/mol. The molecule has 0 aliphatic heterocycles. The lowest BCUT2D eigenvalue weighted by Crippen LogP contribution is -2.54. The second-order valence-electron chi connectivity index (χ2n) is 5.29. The summed E-state index contributed by atoms with van der Waals surface area (Å²) >= 11 is 0. The third kappa shape index (κ3) is 6.14. The van der Waals surface area contributed by atoms with Gasteiger partial charge in [0, 0.05) is 5.54 Å². The van der Waals surface area contributed by atoms with Crippen LogP contribution in [0.25, 0.3) is 0 Å². The summed E-state index contributed by atoms with van der Waals surface area (Å²) in [5.74, 6) is -1.16. The molecule has 2 amide bonds. The minimum Gasteiger partial charge on any atom is -0.480 e. The molecule has 0 aromatic heterocycles.